The smallest absolute Gasteiger partial charge is 0.0991 e. The second-order valence-electron chi connectivity index (χ2n) is 4.95. The predicted molar refractivity (Wildman–Crippen MR) is 76.7 cm³/mol. The molecule has 0 heterocycles. The van der Waals surface area contributed by atoms with Crippen LogP contribution in [-0.4, -0.2) is 7.05 Å². The molecule has 0 fully saturated rings. The second-order valence-corrected chi connectivity index (χ2v) is 4.95. The van der Waals surface area contributed by atoms with Gasteiger partial charge in [0.15, 0.2) is 0 Å². The number of nitrogens with zero attached hydrogens (tertiary/aromatic N) is 1. The fraction of sp³-hybridized carbons (Fsp3) is 0.235. The molecule has 1 aliphatic rings. The molecular weight excluding hydrogens is 232 g/mol. The van der Waals surface area contributed by atoms with Gasteiger partial charge in [-0.25, -0.2) is 0 Å². The highest BCUT2D eigenvalue weighted by Gasteiger charge is 2.23. The molecule has 3 rings (SSSR count). The number of rotatable bonds is 2. The van der Waals surface area contributed by atoms with Crippen LogP contribution in [0.3, 0.4) is 0 Å². The molecule has 2 nitrogen and oxygen atoms in total. The van der Waals surface area contributed by atoms with Gasteiger partial charge in [0.05, 0.1) is 11.6 Å². The summed E-state index contributed by atoms with van der Waals surface area (Å²) in [6.07, 6.45) is 2.26. The van der Waals surface area contributed by atoms with Gasteiger partial charge >= 0.3 is 0 Å². The van der Waals surface area contributed by atoms with Crippen LogP contribution in [0.25, 0.3) is 11.1 Å². The lowest BCUT2D eigenvalue weighted by Crippen LogP contribution is -2.12. The molecule has 0 radical (unpaired) electrons. The van der Waals surface area contributed by atoms with Crippen LogP contribution < -0.4 is 5.32 Å². The van der Waals surface area contributed by atoms with E-state index in [1.165, 1.54) is 16.7 Å². The van der Waals surface area contributed by atoms with E-state index in [1.54, 1.807) is 0 Å². The van der Waals surface area contributed by atoms with Gasteiger partial charge in [0, 0.05) is 6.04 Å². The minimum atomic E-state index is 0.467. The quantitative estimate of drug-likeness (QED) is 0.883. The molecule has 0 bridgehead atoms. The van der Waals surface area contributed by atoms with Crippen LogP contribution >= 0.6 is 0 Å². The van der Waals surface area contributed by atoms with Gasteiger partial charge in [0.1, 0.15) is 0 Å². The Balaban J connectivity index is 2.12. The third-order valence-electron chi connectivity index (χ3n) is 3.92. The molecule has 2 heteroatoms. The van der Waals surface area contributed by atoms with E-state index in [-0.39, 0.29) is 0 Å². The van der Waals surface area contributed by atoms with Gasteiger partial charge < -0.3 is 5.32 Å². The van der Waals surface area contributed by atoms with Gasteiger partial charge in [-0.15, -0.1) is 0 Å². The fourth-order valence-corrected chi connectivity index (χ4v) is 2.98. The lowest BCUT2D eigenvalue weighted by Gasteiger charge is -2.12. The van der Waals surface area contributed by atoms with Gasteiger partial charge in [-0.2, -0.15) is 5.26 Å². The van der Waals surface area contributed by atoms with Crippen LogP contribution in [0.4, 0.5) is 0 Å². The predicted octanol–water partition coefficient (Wildman–Crippen LogP) is 3.43. The molecule has 2 aromatic rings. The van der Waals surface area contributed by atoms with E-state index < -0.39 is 0 Å². The van der Waals surface area contributed by atoms with Crippen molar-refractivity contribution in [2.24, 2.45) is 0 Å². The zero-order valence-electron chi connectivity index (χ0n) is 11.0. The molecule has 0 amide bonds. The summed E-state index contributed by atoms with van der Waals surface area (Å²) < 4.78 is 0. The van der Waals surface area contributed by atoms with Crippen LogP contribution in [-0.2, 0) is 6.42 Å². The average molecular weight is 248 g/mol. The van der Waals surface area contributed by atoms with Crippen molar-refractivity contribution in [2.75, 3.05) is 7.05 Å². The minimum absolute atomic E-state index is 0.467. The molecule has 0 saturated carbocycles. The molecule has 1 aliphatic carbocycles. The fourth-order valence-electron chi connectivity index (χ4n) is 2.98. The molecule has 2 aromatic carbocycles. The van der Waals surface area contributed by atoms with Gasteiger partial charge in [0.2, 0.25) is 0 Å². The Morgan fingerprint density at radius 1 is 1.21 bits per heavy atom. The van der Waals surface area contributed by atoms with Crippen LogP contribution in [0.15, 0.2) is 42.5 Å². The summed E-state index contributed by atoms with van der Waals surface area (Å²) in [6.45, 7) is 0. The highest BCUT2D eigenvalue weighted by molar-refractivity contribution is 5.71. The van der Waals surface area contributed by atoms with Gasteiger partial charge in [-0.05, 0) is 54.3 Å². The third-order valence-corrected chi connectivity index (χ3v) is 3.92. The van der Waals surface area contributed by atoms with E-state index in [9.17, 15) is 0 Å². The first-order chi connectivity index (χ1) is 9.33. The Hall–Kier alpha value is -2.11. The van der Waals surface area contributed by atoms with Crippen LogP contribution in [0.1, 0.15) is 29.2 Å². The Kier molecular flexibility index (Phi) is 3.06. The Morgan fingerprint density at radius 3 is 2.84 bits per heavy atom. The normalized spacial score (nSPS) is 16.9. The number of hydrogen-bond donors (Lipinski definition) is 1. The Morgan fingerprint density at radius 2 is 2.05 bits per heavy atom. The van der Waals surface area contributed by atoms with Crippen molar-refractivity contribution in [1.82, 2.24) is 5.32 Å². The maximum Gasteiger partial charge on any atom is 0.0991 e. The van der Waals surface area contributed by atoms with Crippen molar-refractivity contribution in [2.45, 2.75) is 18.9 Å². The minimum Gasteiger partial charge on any atom is -0.313 e. The first-order valence-electron chi connectivity index (χ1n) is 6.63. The lowest BCUT2D eigenvalue weighted by atomic mass is 9.95. The van der Waals surface area contributed by atoms with Crippen molar-refractivity contribution in [3.05, 3.63) is 59.2 Å². The van der Waals surface area contributed by atoms with E-state index in [0.717, 1.165) is 24.0 Å². The number of fused-ring (bicyclic) bond motifs is 1. The summed E-state index contributed by atoms with van der Waals surface area (Å²) in [5, 5.41) is 12.4. The molecule has 0 spiro atoms. The molecule has 1 N–H and O–H groups in total. The molecule has 0 aliphatic heterocycles. The zero-order chi connectivity index (χ0) is 13.2. The van der Waals surface area contributed by atoms with Crippen LogP contribution in [0.5, 0.6) is 0 Å². The SMILES string of the molecule is CNC1CCc2c(-c3cccc(C#N)c3)cccc21. The molecule has 19 heavy (non-hydrogen) atoms. The average Bonchev–Trinajstić information content (AvgIpc) is 2.90. The van der Waals surface area contributed by atoms with E-state index in [4.69, 9.17) is 5.26 Å². The lowest BCUT2D eigenvalue weighted by molar-refractivity contribution is 0.590. The monoisotopic (exact) mass is 248 g/mol. The first-order valence-corrected chi connectivity index (χ1v) is 6.63. The van der Waals surface area contributed by atoms with Crippen molar-refractivity contribution < 1.29 is 0 Å². The first kappa shape index (κ1) is 12.0. The van der Waals surface area contributed by atoms with Gasteiger partial charge in [0.25, 0.3) is 0 Å². The molecule has 0 saturated heterocycles. The van der Waals surface area contributed by atoms with Crippen LogP contribution in [0.2, 0.25) is 0 Å². The highest BCUT2D eigenvalue weighted by atomic mass is 14.9. The van der Waals surface area contributed by atoms with Crippen molar-refractivity contribution in [3.8, 4) is 17.2 Å². The Bertz CT molecular complexity index is 653. The van der Waals surface area contributed by atoms with Gasteiger partial charge in [-0.1, -0.05) is 30.3 Å². The number of nitrogens with one attached hydrogen (secondary N) is 1. The molecule has 1 atom stereocenters. The summed E-state index contributed by atoms with van der Waals surface area (Å²) in [4.78, 5) is 0. The molecule has 94 valence electrons. The largest absolute Gasteiger partial charge is 0.313 e. The molecule has 1 unspecified atom stereocenters. The van der Waals surface area contributed by atoms with Crippen molar-refractivity contribution in [1.29, 1.82) is 5.26 Å². The van der Waals surface area contributed by atoms with Crippen molar-refractivity contribution >= 4 is 0 Å². The van der Waals surface area contributed by atoms with Gasteiger partial charge in [-0.3, -0.25) is 0 Å². The van der Waals surface area contributed by atoms with E-state index >= 15 is 0 Å². The molecule has 0 aromatic heterocycles. The highest BCUT2D eigenvalue weighted by Crippen LogP contribution is 2.37. The summed E-state index contributed by atoms with van der Waals surface area (Å²) in [5.74, 6) is 0. The standard InChI is InChI=1S/C17H16N2/c1-19-17-9-8-15-14(6-3-7-16(15)17)13-5-2-4-12(10-13)11-18/h2-7,10,17,19H,8-9H2,1H3. The zero-order valence-corrected chi connectivity index (χ0v) is 11.0. The summed E-state index contributed by atoms with van der Waals surface area (Å²) in [5.41, 5.74) is 5.97. The number of nitriles is 1. The van der Waals surface area contributed by atoms with Crippen LogP contribution in [0, 0.1) is 11.3 Å². The summed E-state index contributed by atoms with van der Waals surface area (Å²) in [6, 6.07) is 17.0. The van der Waals surface area contributed by atoms with Crippen molar-refractivity contribution in [3.63, 3.8) is 0 Å². The summed E-state index contributed by atoms with van der Waals surface area (Å²) >= 11 is 0. The van der Waals surface area contributed by atoms with E-state index in [2.05, 4.69) is 35.7 Å². The molecular formula is C17H16N2. The second kappa shape index (κ2) is 4.87. The number of benzene rings is 2. The third kappa shape index (κ3) is 2.03. The number of hydrogen-bond acceptors (Lipinski definition) is 2. The summed E-state index contributed by atoms with van der Waals surface area (Å²) in [7, 11) is 2.02. The topological polar surface area (TPSA) is 35.8 Å². The van der Waals surface area contributed by atoms with E-state index in [1.807, 2.05) is 25.2 Å². The maximum atomic E-state index is 9.02. The Labute approximate surface area is 113 Å². The van der Waals surface area contributed by atoms with E-state index in [0.29, 0.717) is 6.04 Å². The maximum absolute atomic E-state index is 9.02.